The van der Waals surface area contributed by atoms with Gasteiger partial charge in [0.2, 0.25) is 5.91 Å². The Hall–Kier alpha value is -1.96. The molecule has 0 saturated carbocycles. The van der Waals surface area contributed by atoms with Gasteiger partial charge in [0.1, 0.15) is 12.6 Å². The first-order valence-corrected chi connectivity index (χ1v) is 7.77. The summed E-state index contributed by atoms with van der Waals surface area (Å²) < 4.78 is 5.14. The molecule has 2 aliphatic rings. The zero-order valence-electron chi connectivity index (χ0n) is 13.2. The lowest BCUT2D eigenvalue weighted by atomic mass is 10.1. The molecule has 2 aliphatic heterocycles. The lowest BCUT2D eigenvalue weighted by Crippen LogP contribution is -2.45. The lowest BCUT2D eigenvalue weighted by Gasteiger charge is -2.27. The number of carbonyl (C=O) groups excluding carboxylic acids is 2. The maximum Gasteiger partial charge on any atom is 0.253 e. The normalized spacial score (nSPS) is 25.3. The van der Waals surface area contributed by atoms with Crippen molar-refractivity contribution in [1.29, 1.82) is 0 Å². The summed E-state index contributed by atoms with van der Waals surface area (Å²) in [5, 5.41) is 3.33. The molecule has 0 aliphatic carbocycles. The molecule has 3 N–H and O–H groups in total. The smallest absolute Gasteiger partial charge is 0.253 e. The van der Waals surface area contributed by atoms with Crippen LogP contribution >= 0.6 is 0 Å². The fourth-order valence-electron chi connectivity index (χ4n) is 2.95. The van der Waals surface area contributed by atoms with Crippen LogP contribution in [0.5, 0.6) is 0 Å². The molecule has 2 amide bonds. The van der Waals surface area contributed by atoms with E-state index in [0.29, 0.717) is 26.2 Å². The molecule has 124 valence electrons. The first kappa shape index (κ1) is 15.9. The van der Waals surface area contributed by atoms with Gasteiger partial charge in [-0.1, -0.05) is 12.1 Å². The van der Waals surface area contributed by atoms with Crippen LogP contribution in [0.4, 0.5) is 5.69 Å². The van der Waals surface area contributed by atoms with Crippen molar-refractivity contribution in [3.05, 3.63) is 29.8 Å². The van der Waals surface area contributed by atoms with E-state index in [1.807, 2.05) is 24.3 Å². The predicted molar refractivity (Wildman–Crippen MR) is 85.9 cm³/mol. The van der Waals surface area contributed by atoms with E-state index in [4.69, 9.17) is 10.5 Å². The summed E-state index contributed by atoms with van der Waals surface area (Å²) in [7, 11) is 1.76. The quantitative estimate of drug-likeness (QED) is 0.767. The summed E-state index contributed by atoms with van der Waals surface area (Å²) in [6.45, 7) is 2.56. The van der Waals surface area contributed by atoms with Gasteiger partial charge in [-0.2, -0.15) is 0 Å². The van der Waals surface area contributed by atoms with Gasteiger partial charge in [0.15, 0.2) is 0 Å². The number of amides is 2. The van der Waals surface area contributed by atoms with Crippen LogP contribution in [0.15, 0.2) is 24.3 Å². The van der Waals surface area contributed by atoms with E-state index in [0.717, 1.165) is 11.3 Å². The molecule has 2 heterocycles. The van der Waals surface area contributed by atoms with Gasteiger partial charge in [0.25, 0.3) is 5.91 Å². The summed E-state index contributed by atoms with van der Waals surface area (Å²) in [5.74, 6) is -0.0377. The van der Waals surface area contributed by atoms with Gasteiger partial charge in [0, 0.05) is 38.4 Å². The molecule has 2 saturated heterocycles. The molecule has 0 aromatic heterocycles. The van der Waals surface area contributed by atoms with E-state index in [1.54, 1.807) is 16.8 Å². The SMILES string of the molecule is CN1CC(NCc2ccc(N3CCOCC3=O)cc2)C(N)C1=O. The maximum atomic E-state index is 11.8. The van der Waals surface area contributed by atoms with Gasteiger partial charge in [-0.05, 0) is 17.7 Å². The predicted octanol–water partition coefficient (Wildman–Crippen LogP) is -0.693. The van der Waals surface area contributed by atoms with E-state index in [9.17, 15) is 9.59 Å². The second-order valence-corrected chi connectivity index (χ2v) is 6.00. The largest absolute Gasteiger partial charge is 0.370 e. The number of morpholine rings is 1. The fraction of sp³-hybridized carbons (Fsp3) is 0.500. The average molecular weight is 318 g/mol. The molecule has 7 heteroatoms. The highest BCUT2D eigenvalue weighted by Gasteiger charge is 2.35. The molecule has 2 atom stereocenters. The summed E-state index contributed by atoms with van der Waals surface area (Å²) in [6.07, 6.45) is 0. The monoisotopic (exact) mass is 318 g/mol. The number of hydrogen-bond acceptors (Lipinski definition) is 5. The van der Waals surface area contributed by atoms with Crippen LogP contribution in [0.25, 0.3) is 0 Å². The number of hydrogen-bond donors (Lipinski definition) is 2. The van der Waals surface area contributed by atoms with Crippen LogP contribution in [0.3, 0.4) is 0 Å². The van der Waals surface area contributed by atoms with Gasteiger partial charge < -0.3 is 25.6 Å². The van der Waals surface area contributed by atoms with Gasteiger partial charge in [-0.3, -0.25) is 9.59 Å². The molecule has 3 rings (SSSR count). The first-order valence-electron chi connectivity index (χ1n) is 7.77. The molecule has 1 aromatic carbocycles. The van der Waals surface area contributed by atoms with Crippen molar-refractivity contribution < 1.29 is 14.3 Å². The Morgan fingerprint density at radius 3 is 2.65 bits per heavy atom. The van der Waals surface area contributed by atoms with Crippen molar-refractivity contribution in [3.8, 4) is 0 Å². The second-order valence-electron chi connectivity index (χ2n) is 6.00. The van der Waals surface area contributed by atoms with E-state index < -0.39 is 6.04 Å². The van der Waals surface area contributed by atoms with E-state index in [1.165, 1.54) is 0 Å². The summed E-state index contributed by atoms with van der Waals surface area (Å²) in [6, 6.07) is 7.32. The standard InChI is InChI=1S/C16H22N4O3/c1-19-9-13(15(17)16(19)22)18-8-11-2-4-12(5-3-11)20-6-7-23-10-14(20)21/h2-5,13,15,18H,6-10,17H2,1H3. The summed E-state index contributed by atoms with van der Waals surface area (Å²) in [4.78, 5) is 26.9. The summed E-state index contributed by atoms with van der Waals surface area (Å²) in [5.41, 5.74) is 7.87. The Morgan fingerprint density at radius 1 is 1.30 bits per heavy atom. The minimum Gasteiger partial charge on any atom is -0.370 e. The number of ether oxygens (including phenoxy) is 1. The number of nitrogens with two attached hydrogens (primary N) is 1. The number of rotatable bonds is 4. The number of benzene rings is 1. The van der Waals surface area contributed by atoms with Crippen molar-refractivity contribution in [1.82, 2.24) is 10.2 Å². The minimum atomic E-state index is -0.481. The highest BCUT2D eigenvalue weighted by atomic mass is 16.5. The maximum absolute atomic E-state index is 11.8. The molecule has 0 bridgehead atoms. The molecule has 0 spiro atoms. The third-order valence-electron chi connectivity index (χ3n) is 4.37. The van der Waals surface area contributed by atoms with E-state index in [-0.39, 0.29) is 24.5 Å². The Balaban J connectivity index is 1.58. The van der Waals surface area contributed by atoms with Crippen LogP contribution in [-0.4, -0.2) is 62.1 Å². The van der Waals surface area contributed by atoms with Crippen LogP contribution in [0.2, 0.25) is 0 Å². The molecule has 7 nitrogen and oxygen atoms in total. The molecule has 2 fully saturated rings. The highest BCUT2D eigenvalue weighted by molar-refractivity contribution is 5.94. The third kappa shape index (κ3) is 3.36. The Bertz CT molecular complexity index is 589. The van der Waals surface area contributed by atoms with Crippen molar-refractivity contribution in [2.45, 2.75) is 18.6 Å². The molecule has 1 aromatic rings. The van der Waals surface area contributed by atoms with Crippen LogP contribution in [0, 0.1) is 0 Å². The average Bonchev–Trinajstić information content (AvgIpc) is 2.81. The number of likely N-dealkylation sites (tertiary alicyclic amines) is 1. The highest BCUT2D eigenvalue weighted by Crippen LogP contribution is 2.18. The zero-order valence-corrected chi connectivity index (χ0v) is 13.2. The molecular formula is C16H22N4O3. The van der Waals surface area contributed by atoms with Crippen LogP contribution in [-0.2, 0) is 20.9 Å². The Morgan fingerprint density at radius 2 is 2.04 bits per heavy atom. The fourth-order valence-corrected chi connectivity index (χ4v) is 2.95. The van der Waals surface area contributed by atoms with Crippen molar-refractivity contribution >= 4 is 17.5 Å². The molecule has 23 heavy (non-hydrogen) atoms. The number of nitrogens with one attached hydrogen (secondary N) is 1. The summed E-state index contributed by atoms with van der Waals surface area (Å²) >= 11 is 0. The zero-order chi connectivity index (χ0) is 16.4. The second kappa shape index (κ2) is 6.66. The lowest BCUT2D eigenvalue weighted by molar-refractivity contribution is -0.127. The number of anilines is 1. The Kier molecular flexibility index (Phi) is 4.61. The van der Waals surface area contributed by atoms with Crippen molar-refractivity contribution in [3.63, 3.8) is 0 Å². The van der Waals surface area contributed by atoms with Gasteiger partial charge in [0.05, 0.1) is 6.61 Å². The van der Waals surface area contributed by atoms with Gasteiger partial charge in [-0.25, -0.2) is 0 Å². The van der Waals surface area contributed by atoms with Crippen molar-refractivity contribution in [2.24, 2.45) is 5.73 Å². The van der Waals surface area contributed by atoms with Gasteiger partial charge in [-0.15, -0.1) is 0 Å². The van der Waals surface area contributed by atoms with Crippen molar-refractivity contribution in [2.75, 3.05) is 38.3 Å². The first-order chi connectivity index (χ1) is 11.1. The number of carbonyl (C=O) groups is 2. The number of likely N-dealkylation sites (N-methyl/N-ethyl adjacent to an activating group) is 1. The van der Waals surface area contributed by atoms with E-state index >= 15 is 0 Å². The van der Waals surface area contributed by atoms with E-state index in [2.05, 4.69) is 5.32 Å². The minimum absolute atomic E-state index is 0.0133. The molecular weight excluding hydrogens is 296 g/mol. The topological polar surface area (TPSA) is 87.9 Å². The molecule has 0 radical (unpaired) electrons. The van der Waals surface area contributed by atoms with Crippen LogP contribution in [0.1, 0.15) is 5.56 Å². The van der Waals surface area contributed by atoms with Crippen LogP contribution < -0.4 is 16.0 Å². The molecule has 2 unspecified atom stereocenters. The number of nitrogens with zero attached hydrogens (tertiary/aromatic N) is 2. The van der Waals surface area contributed by atoms with Gasteiger partial charge >= 0.3 is 0 Å². The third-order valence-corrected chi connectivity index (χ3v) is 4.37. The Labute approximate surface area is 135 Å².